The molecule has 1 heterocycles. The lowest BCUT2D eigenvalue weighted by Gasteiger charge is -2.02. The molecular weight excluding hydrogens is 212 g/mol. The van der Waals surface area contributed by atoms with Crippen LogP contribution in [0, 0.1) is 0 Å². The lowest BCUT2D eigenvalue weighted by molar-refractivity contribution is 0.296. The zero-order valence-electron chi connectivity index (χ0n) is 8.40. The molecule has 1 aromatic heterocycles. The minimum absolute atomic E-state index is 0.0709. The predicted molar refractivity (Wildman–Crippen MR) is 59.3 cm³/mol. The molecule has 0 aromatic carbocycles. The number of aliphatic hydroxyl groups excluding tert-OH is 1. The topological polar surface area (TPSA) is 66.0 Å². The highest BCUT2D eigenvalue weighted by molar-refractivity contribution is 7.99. The number of rotatable bonds is 5. The summed E-state index contributed by atoms with van der Waals surface area (Å²) in [5, 5.41) is 9.42. The lowest BCUT2D eigenvalue weighted by Crippen LogP contribution is -2.10. The highest BCUT2D eigenvalue weighted by Gasteiger charge is 2.26. The standard InChI is InChI=1S/C10H14N2O2S/c13-4-1-5-15-9-6-8(14)11-10(12-9)7-2-3-7/h6-7,13H,1-5H2,(H,11,12,14). The van der Waals surface area contributed by atoms with Crippen molar-refractivity contribution in [1.29, 1.82) is 0 Å². The molecule has 4 nitrogen and oxygen atoms in total. The molecule has 1 fully saturated rings. The van der Waals surface area contributed by atoms with E-state index in [2.05, 4.69) is 9.97 Å². The molecule has 15 heavy (non-hydrogen) atoms. The summed E-state index contributed by atoms with van der Waals surface area (Å²) >= 11 is 1.53. The monoisotopic (exact) mass is 226 g/mol. The molecule has 0 unspecified atom stereocenters. The van der Waals surface area contributed by atoms with Gasteiger partial charge in [-0.15, -0.1) is 11.8 Å². The van der Waals surface area contributed by atoms with Crippen molar-refractivity contribution in [3.05, 3.63) is 22.2 Å². The Kier molecular flexibility index (Phi) is 3.43. The van der Waals surface area contributed by atoms with E-state index in [9.17, 15) is 4.79 Å². The normalized spacial score (nSPS) is 15.5. The molecule has 1 aromatic rings. The van der Waals surface area contributed by atoms with Gasteiger partial charge >= 0.3 is 0 Å². The number of aromatic amines is 1. The zero-order valence-corrected chi connectivity index (χ0v) is 9.22. The molecule has 0 spiro atoms. The fourth-order valence-corrected chi connectivity index (χ4v) is 2.15. The van der Waals surface area contributed by atoms with Gasteiger partial charge in [0, 0.05) is 24.3 Å². The van der Waals surface area contributed by atoms with Gasteiger partial charge in [0.1, 0.15) is 10.9 Å². The van der Waals surface area contributed by atoms with Crippen molar-refractivity contribution in [3.8, 4) is 0 Å². The van der Waals surface area contributed by atoms with E-state index < -0.39 is 0 Å². The Morgan fingerprint density at radius 1 is 1.60 bits per heavy atom. The maximum atomic E-state index is 11.3. The first-order chi connectivity index (χ1) is 7.29. The smallest absolute Gasteiger partial charge is 0.251 e. The first-order valence-corrected chi connectivity index (χ1v) is 6.13. The molecule has 0 amide bonds. The van der Waals surface area contributed by atoms with Gasteiger partial charge in [0.25, 0.3) is 5.56 Å². The van der Waals surface area contributed by atoms with Crippen LogP contribution in [0.4, 0.5) is 0 Å². The van der Waals surface area contributed by atoms with Crippen LogP contribution >= 0.6 is 11.8 Å². The van der Waals surface area contributed by atoms with E-state index in [0.29, 0.717) is 5.92 Å². The molecule has 1 aliphatic rings. The molecule has 0 saturated heterocycles. The second-order valence-electron chi connectivity index (χ2n) is 3.67. The summed E-state index contributed by atoms with van der Waals surface area (Å²) in [6, 6.07) is 1.52. The molecule has 2 rings (SSSR count). The van der Waals surface area contributed by atoms with Gasteiger partial charge in [-0.05, 0) is 19.3 Å². The number of thioether (sulfide) groups is 1. The summed E-state index contributed by atoms with van der Waals surface area (Å²) < 4.78 is 0. The Morgan fingerprint density at radius 3 is 3.07 bits per heavy atom. The van der Waals surface area contributed by atoms with Crippen LogP contribution in [0.1, 0.15) is 31.0 Å². The molecule has 82 valence electrons. The van der Waals surface area contributed by atoms with Crippen LogP contribution in [0.3, 0.4) is 0 Å². The molecule has 0 bridgehead atoms. The van der Waals surface area contributed by atoms with Gasteiger partial charge in [0.15, 0.2) is 0 Å². The highest BCUT2D eigenvalue weighted by Crippen LogP contribution is 2.37. The molecule has 0 aliphatic heterocycles. The van der Waals surface area contributed by atoms with E-state index in [1.165, 1.54) is 17.8 Å². The maximum Gasteiger partial charge on any atom is 0.251 e. The van der Waals surface area contributed by atoms with Crippen LogP contribution < -0.4 is 5.56 Å². The number of aromatic nitrogens is 2. The largest absolute Gasteiger partial charge is 0.396 e. The van der Waals surface area contributed by atoms with Gasteiger partial charge in [-0.3, -0.25) is 4.79 Å². The Balaban J connectivity index is 2.06. The Labute approximate surface area is 92.1 Å². The molecular formula is C10H14N2O2S. The van der Waals surface area contributed by atoms with Crippen molar-refractivity contribution in [2.24, 2.45) is 0 Å². The van der Waals surface area contributed by atoms with Crippen molar-refractivity contribution in [3.63, 3.8) is 0 Å². The summed E-state index contributed by atoms with van der Waals surface area (Å²) in [7, 11) is 0. The third-order valence-electron chi connectivity index (χ3n) is 2.25. The number of nitrogens with zero attached hydrogens (tertiary/aromatic N) is 1. The van der Waals surface area contributed by atoms with Crippen LogP contribution in [0.5, 0.6) is 0 Å². The molecule has 1 aliphatic carbocycles. The van der Waals surface area contributed by atoms with Crippen molar-refractivity contribution in [2.45, 2.75) is 30.2 Å². The van der Waals surface area contributed by atoms with Crippen LogP contribution in [-0.4, -0.2) is 27.4 Å². The van der Waals surface area contributed by atoms with Crippen molar-refractivity contribution < 1.29 is 5.11 Å². The second-order valence-corrected chi connectivity index (χ2v) is 4.78. The maximum absolute atomic E-state index is 11.3. The predicted octanol–water partition coefficient (Wildman–Crippen LogP) is 1.12. The minimum Gasteiger partial charge on any atom is -0.396 e. The second kappa shape index (κ2) is 4.81. The van der Waals surface area contributed by atoms with Gasteiger partial charge in [-0.25, -0.2) is 4.98 Å². The molecule has 1 saturated carbocycles. The molecule has 0 atom stereocenters. The third-order valence-corrected chi connectivity index (χ3v) is 3.25. The van der Waals surface area contributed by atoms with E-state index in [1.54, 1.807) is 0 Å². The van der Waals surface area contributed by atoms with Gasteiger partial charge < -0.3 is 10.1 Å². The van der Waals surface area contributed by atoms with Gasteiger partial charge in [0.2, 0.25) is 0 Å². The van der Waals surface area contributed by atoms with Gasteiger partial charge in [-0.1, -0.05) is 0 Å². The van der Waals surface area contributed by atoms with E-state index >= 15 is 0 Å². The summed E-state index contributed by atoms with van der Waals surface area (Å²) in [5.41, 5.74) is -0.0709. The lowest BCUT2D eigenvalue weighted by atomic mass is 10.4. The molecule has 5 heteroatoms. The SMILES string of the molecule is O=c1cc(SCCCO)nc(C2CC2)[nH]1. The fourth-order valence-electron chi connectivity index (χ4n) is 1.32. The average molecular weight is 226 g/mol. The van der Waals surface area contributed by atoms with E-state index in [-0.39, 0.29) is 12.2 Å². The average Bonchev–Trinajstić information content (AvgIpc) is 3.00. The van der Waals surface area contributed by atoms with Gasteiger partial charge in [-0.2, -0.15) is 0 Å². The first-order valence-electron chi connectivity index (χ1n) is 5.14. The number of aliphatic hydroxyl groups is 1. The number of hydrogen-bond donors (Lipinski definition) is 2. The quantitative estimate of drug-likeness (QED) is 0.448. The molecule has 0 radical (unpaired) electrons. The van der Waals surface area contributed by atoms with Crippen molar-refractivity contribution in [2.75, 3.05) is 12.4 Å². The molecule has 2 N–H and O–H groups in total. The summed E-state index contributed by atoms with van der Waals surface area (Å²) in [5.74, 6) is 2.10. The van der Waals surface area contributed by atoms with Gasteiger partial charge in [0.05, 0.1) is 0 Å². The third kappa shape index (κ3) is 3.07. The Hall–Kier alpha value is -0.810. The summed E-state index contributed by atoms with van der Waals surface area (Å²) in [6.07, 6.45) is 3.00. The van der Waals surface area contributed by atoms with E-state index in [0.717, 1.165) is 35.9 Å². The van der Waals surface area contributed by atoms with Crippen LogP contribution in [0.25, 0.3) is 0 Å². The van der Waals surface area contributed by atoms with Crippen molar-refractivity contribution in [1.82, 2.24) is 9.97 Å². The first kappa shape index (κ1) is 10.7. The van der Waals surface area contributed by atoms with Crippen LogP contribution in [0.2, 0.25) is 0 Å². The number of H-pyrrole nitrogens is 1. The fraction of sp³-hybridized carbons (Fsp3) is 0.600. The summed E-state index contributed by atoms with van der Waals surface area (Å²) in [4.78, 5) is 18.5. The highest BCUT2D eigenvalue weighted by atomic mass is 32.2. The number of nitrogens with one attached hydrogen (secondary N) is 1. The minimum atomic E-state index is -0.0709. The summed E-state index contributed by atoms with van der Waals surface area (Å²) in [6.45, 7) is 0.186. The Morgan fingerprint density at radius 2 is 2.40 bits per heavy atom. The zero-order chi connectivity index (χ0) is 10.7. The Bertz CT molecular complexity index is 387. The van der Waals surface area contributed by atoms with Crippen LogP contribution in [-0.2, 0) is 0 Å². The number of hydrogen-bond acceptors (Lipinski definition) is 4. The van der Waals surface area contributed by atoms with E-state index in [4.69, 9.17) is 5.11 Å². The van der Waals surface area contributed by atoms with Crippen LogP contribution in [0.15, 0.2) is 15.9 Å². The van der Waals surface area contributed by atoms with E-state index in [1.807, 2.05) is 0 Å². The van der Waals surface area contributed by atoms with Crippen molar-refractivity contribution >= 4 is 11.8 Å².